The highest BCUT2D eigenvalue weighted by Gasteiger charge is 2.21. The average molecular weight is 262 g/mol. The number of benzene rings is 1. The third kappa shape index (κ3) is 4.22. The zero-order chi connectivity index (χ0) is 13.7. The topological polar surface area (TPSA) is 35.5 Å². The van der Waals surface area contributed by atoms with E-state index >= 15 is 0 Å². The van der Waals surface area contributed by atoms with Crippen LogP contribution in [0.1, 0.15) is 25.3 Å². The molecule has 0 aromatic heterocycles. The first kappa shape index (κ1) is 14.4. The molecule has 1 aliphatic heterocycles. The molecule has 19 heavy (non-hydrogen) atoms. The SMILES string of the molecule is CC(Nc1ccc(CCO)cc1)C1CCN(C)CC1. The number of piperidine rings is 1. The van der Waals surface area contributed by atoms with E-state index in [0.717, 1.165) is 12.3 Å². The highest BCUT2D eigenvalue weighted by atomic mass is 16.2. The van der Waals surface area contributed by atoms with E-state index in [0.29, 0.717) is 6.04 Å². The minimum Gasteiger partial charge on any atom is -0.396 e. The van der Waals surface area contributed by atoms with Gasteiger partial charge in [0.15, 0.2) is 0 Å². The molecule has 1 atom stereocenters. The second kappa shape index (κ2) is 6.92. The molecule has 106 valence electrons. The number of nitrogens with zero attached hydrogens (tertiary/aromatic N) is 1. The quantitative estimate of drug-likeness (QED) is 0.855. The van der Waals surface area contributed by atoms with Gasteiger partial charge in [-0.2, -0.15) is 0 Å². The Bertz CT molecular complexity index is 369. The molecule has 1 aromatic rings. The van der Waals surface area contributed by atoms with E-state index in [1.165, 1.54) is 37.2 Å². The van der Waals surface area contributed by atoms with Gasteiger partial charge in [0.05, 0.1) is 0 Å². The van der Waals surface area contributed by atoms with Crippen LogP contribution in [-0.4, -0.2) is 42.8 Å². The Morgan fingerprint density at radius 2 is 1.89 bits per heavy atom. The fourth-order valence-corrected chi connectivity index (χ4v) is 2.81. The van der Waals surface area contributed by atoms with Gasteiger partial charge in [0, 0.05) is 18.3 Å². The Balaban J connectivity index is 1.86. The van der Waals surface area contributed by atoms with Crippen LogP contribution in [0.4, 0.5) is 5.69 Å². The van der Waals surface area contributed by atoms with Crippen LogP contribution in [0.15, 0.2) is 24.3 Å². The molecule has 1 unspecified atom stereocenters. The summed E-state index contributed by atoms with van der Waals surface area (Å²) in [6.45, 7) is 4.94. The standard InChI is InChI=1S/C16H26N2O/c1-13(15-7-10-18(2)11-8-15)17-16-5-3-14(4-6-16)9-12-19/h3-6,13,15,17,19H,7-12H2,1-2H3. The molecule has 1 aromatic carbocycles. The summed E-state index contributed by atoms with van der Waals surface area (Å²) in [7, 11) is 2.20. The lowest BCUT2D eigenvalue weighted by atomic mass is 9.90. The van der Waals surface area contributed by atoms with Crippen molar-refractivity contribution in [2.75, 3.05) is 32.1 Å². The molecule has 3 nitrogen and oxygen atoms in total. The second-order valence-corrected chi connectivity index (χ2v) is 5.74. The van der Waals surface area contributed by atoms with Gasteiger partial charge < -0.3 is 15.3 Å². The number of rotatable bonds is 5. The second-order valence-electron chi connectivity index (χ2n) is 5.74. The summed E-state index contributed by atoms with van der Waals surface area (Å²) < 4.78 is 0. The zero-order valence-electron chi connectivity index (χ0n) is 12.1. The van der Waals surface area contributed by atoms with Crippen molar-refractivity contribution in [3.8, 4) is 0 Å². The molecule has 0 amide bonds. The average Bonchev–Trinajstić information content (AvgIpc) is 2.42. The molecule has 0 radical (unpaired) electrons. The molecular formula is C16H26N2O. The van der Waals surface area contributed by atoms with Crippen molar-refractivity contribution in [1.29, 1.82) is 0 Å². The third-order valence-electron chi connectivity index (χ3n) is 4.22. The van der Waals surface area contributed by atoms with Crippen LogP contribution < -0.4 is 5.32 Å². The summed E-state index contributed by atoms with van der Waals surface area (Å²) in [5.74, 6) is 0.772. The van der Waals surface area contributed by atoms with Crippen molar-refractivity contribution in [3.05, 3.63) is 29.8 Å². The molecule has 2 rings (SSSR count). The summed E-state index contributed by atoms with van der Waals surface area (Å²) in [5, 5.41) is 12.5. The van der Waals surface area contributed by atoms with Gasteiger partial charge in [0.25, 0.3) is 0 Å². The van der Waals surface area contributed by atoms with Crippen LogP contribution in [0.5, 0.6) is 0 Å². The number of hydrogen-bond donors (Lipinski definition) is 2. The van der Waals surface area contributed by atoms with Crippen LogP contribution in [0.3, 0.4) is 0 Å². The number of aliphatic hydroxyl groups excluding tert-OH is 1. The summed E-state index contributed by atoms with van der Waals surface area (Å²) in [4.78, 5) is 2.41. The summed E-state index contributed by atoms with van der Waals surface area (Å²) in [6, 6.07) is 8.96. The van der Waals surface area contributed by atoms with E-state index in [2.05, 4.69) is 48.5 Å². The van der Waals surface area contributed by atoms with Crippen molar-refractivity contribution in [2.45, 2.75) is 32.2 Å². The smallest absolute Gasteiger partial charge is 0.0471 e. The van der Waals surface area contributed by atoms with Crippen molar-refractivity contribution >= 4 is 5.69 Å². The van der Waals surface area contributed by atoms with Gasteiger partial charge in [0.1, 0.15) is 0 Å². The maximum atomic E-state index is 8.91. The monoisotopic (exact) mass is 262 g/mol. The molecule has 1 heterocycles. The number of aliphatic hydroxyl groups is 1. The van der Waals surface area contributed by atoms with E-state index in [-0.39, 0.29) is 6.61 Å². The molecule has 1 saturated heterocycles. The van der Waals surface area contributed by atoms with Gasteiger partial charge >= 0.3 is 0 Å². The molecule has 3 heteroatoms. The lowest BCUT2D eigenvalue weighted by Crippen LogP contribution is -2.37. The van der Waals surface area contributed by atoms with E-state index < -0.39 is 0 Å². The fourth-order valence-electron chi connectivity index (χ4n) is 2.81. The maximum Gasteiger partial charge on any atom is 0.0471 e. The molecule has 0 aliphatic carbocycles. The molecule has 1 aliphatic rings. The minimum atomic E-state index is 0.221. The van der Waals surface area contributed by atoms with Gasteiger partial charge in [-0.3, -0.25) is 0 Å². The predicted molar refractivity (Wildman–Crippen MR) is 80.5 cm³/mol. The highest BCUT2D eigenvalue weighted by Crippen LogP contribution is 2.22. The van der Waals surface area contributed by atoms with Gasteiger partial charge in [-0.05, 0) is 69.9 Å². The van der Waals surface area contributed by atoms with E-state index in [9.17, 15) is 0 Å². The molecule has 0 bridgehead atoms. The number of nitrogens with one attached hydrogen (secondary N) is 1. The molecule has 1 fully saturated rings. The van der Waals surface area contributed by atoms with Gasteiger partial charge in [-0.1, -0.05) is 12.1 Å². The van der Waals surface area contributed by atoms with Gasteiger partial charge in [0.2, 0.25) is 0 Å². The Morgan fingerprint density at radius 1 is 1.26 bits per heavy atom. The summed E-state index contributed by atoms with van der Waals surface area (Å²) in [6.07, 6.45) is 3.31. The van der Waals surface area contributed by atoms with Crippen LogP contribution in [0, 0.1) is 5.92 Å². The first-order valence-corrected chi connectivity index (χ1v) is 7.34. The predicted octanol–water partition coefficient (Wildman–Crippen LogP) is 2.36. The van der Waals surface area contributed by atoms with E-state index in [4.69, 9.17) is 5.11 Å². The highest BCUT2D eigenvalue weighted by molar-refractivity contribution is 5.45. The fraction of sp³-hybridized carbons (Fsp3) is 0.625. The lowest BCUT2D eigenvalue weighted by molar-refractivity contribution is 0.208. The Labute approximate surface area is 116 Å². The van der Waals surface area contributed by atoms with Crippen LogP contribution in [-0.2, 0) is 6.42 Å². The lowest BCUT2D eigenvalue weighted by Gasteiger charge is -2.33. The van der Waals surface area contributed by atoms with Crippen LogP contribution in [0.25, 0.3) is 0 Å². The molecule has 0 saturated carbocycles. The normalized spacial score (nSPS) is 19.3. The van der Waals surface area contributed by atoms with Gasteiger partial charge in [-0.15, -0.1) is 0 Å². The maximum absolute atomic E-state index is 8.91. The van der Waals surface area contributed by atoms with Crippen molar-refractivity contribution < 1.29 is 5.11 Å². The van der Waals surface area contributed by atoms with Crippen molar-refractivity contribution in [3.63, 3.8) is 0 Å². The third-order valence-corrected chi connectivity index (χ3v) is 4.22. The van der Waals surface area contributed by atoms with Crippen molar-refractivity contribution in [1.82, 2.24) is 4.90 Å². The first-order chi connectivity index (χ1) is 9.19. The molecular weight excluding hydrogens is 236 g/mol. The van der Waals surface area contributed by atoms with Crippen LogP contribution in [0.2, 0.25) is 0 Å². The summed E-state index contributed by atoms with van der Waals surface area (Å²) >= 11 is 0. The molecule has 0 spiro atoms. The van der Waals surface area contributed by atoms with Crippen LogP contribution >= 0.6 is 0 Å². The van der Waals surface area contributed by atoms with E-state index in [1.807, 2.05) is 0 Å². The Hall–Kier alpha value is -1.06. The van der Waals surface area contributed by atoms with E-state index in [1.54, 1.807) is 0 Å². The summed E-state index contributed by atoms with van der Waals surface area (Å²) in [5.41, 5.74) is 2.38. The largest absolute Gasteiger partial charge is 0.396 e. The molecule has 2 N–H and O–H groups in total. The number of anilines is 1. The Kier molecular flexibility index (Phi) is 5.23. The number of likely N-dealkylation sites (tertiary alicyclic amines) is 1. The van der Waals surface area contributed by atoms with Gasteiger partial charge in [-0.25, -0.2) is 0 Å². The minimum absolute atomic E-state index is 0.221. The number of hydrogen-bond acceptors (Lipinski definition) is 3. The zero-order valence-corrected chi connectivity index (χ0v) is 12.1. The van der Waals surface area contributed by atoms with Crippen molar-refractivity contribution in [2.24, 2.45) is 5.92 Å². The Morgan fingerprint density at radius 3 is 2.47 bits per heavy atom. The first-order valence-electron chi connectivity index (χ1n) is 7.34.